The van der Waals surface area contributed by atoms with Crippen molar-refractivity contribution in [2.75, 3.05) is 19.6 Å². The Labute approximate surface area is 131 Å². The largest absolute Gasteiger partial charge is 0.444 e. The van der Waals surface area contributed by atoms with Crippen LogP contribution >= 0.6 is 0 Å². The number of nitrogens with one attached hydrogen (secondary N) is 1. The third kappa shape index (κ3) is 3.44. The van der Waals surface area contributed by atoms with E-state index in [1.54, 1.807) is 12.1 Å². The lowest BCUT2D eigenvalue weighted by Gasteiger charge is -2.14. The number of nitro groups is 1. The van der Waals surface area contributed by atoms with Crippen LogP contribution in [-0.2, 0) is 11.3 Å². The summed E-state index contributed by atoms with van der Waals surface area (Å²) in [7, 11) is 0. The van der Waals surface area contributed by atoms with E-state index >= 15 is 0 Å². The summed E-state index contributed by atoms with van der Waals surface area (Å²) >= 11 is 0. The number of carbonyl (C=O) groups is 1. The summed E-state index contributed by atoms with van der Waals surface area (Å²) in [5.41, 5.74) is 0.659. The first kappa shape index (κ1) is 14.9. The van der Waals surface area contributed by atoms with Gasteiger partial charge in [-0.05, 0) is 17.7 Å². The minimum atomic E-state index is -0.562. The highest BCUT2D eigenvalue weighted by Crippen LogP contribution is 2.14. The molecule has 1 amide bonds. The molecule has 2 aliphatic heterocycles. The molecular formula is C14H14N5O4. The van der Waals surface area contributed by atoms with Gasteiger partial charge in [-0.15, -0.1) is 0 Å². The summed E-state index contributed by atoms with van der Waals surface area (Å²) in [6.07, 6.45) is 2.06. The van der Waals surface area contributed by atoms with Crippen LogP contribution in [0.3, 0.4) is 0 Å². The number of non-ortho nitro benzene ring substituents is 1. The van der Waals surface area contributed by atoms with Gasteiger partial charge in [0.05, 0.1) is 18.0 Å². The SMILES string of the molecule is O=C(OCc1ccc([N+](=O)[O-])cc1)N1[C]=NC(C2=NCCN2)C1. The number of benzene rings is 1. The van der Waals surface area contributed by atoms with Gasteiger partial charge in [0.1, 0.15) is 18.5 Å². The maximum absolute atomic E-state index is 12.0. The molecule has 0 aromatic heterocycles. The maximum Gasteiger partial charge on any atom is 0.415 e. The zero-order chi connectivity index (χ0) is 16.2. The molecule has 1 radical (unpaired) electrons. The van der Waals surface area contributed by atoms with Crippen LogP contribution in [0.2, 0.25) is 0 Å². The van der Waals surface area contributed by atoms with E-state index in [0.29, 0.717) is 18.7 Å². The van der Waals surface area contributed by atoms with Crippen LogP contribution in [0.25, 0.3) is 0 Å². The van der Waals surface area contributed by atoms with Gasteiger partial charge in [0.15, 0.2) is 6.34 Å². The number of amidine groups is 1. The highest BCUT2D eigenvalue weighted by atomic mass is 16.6. The molecule has 3 rings (SSSR count). The Bertz CT molecular complexity index is 670. The number of aliphatic imine (C=N–C) groups is 2. The first-order chi connectivity index (χ1) is 11.1. The topological polar surface area (TPSA) is 109 Å². The van der Waals surface area contributed by atoms with E-state index in [9.17, 15) is 14.9 Å². The molecule has 2 heterocycles. The van der Waals surface area contributed by atoms with Crippen molar-refractivity contribution in [3.63, 3.8) is 0 Å². The van der Waals surface area contributed by atoms with E-state index in [0.717, 1.165) is 12.4 Å². The summed E-state index contributed by atoms with van der Waals surface area (Å²) in [4.78, 5) is 31.7. The summed E-state index contributed by atoms with van der Waals surface area (Å²) in [6.45, 7) is 1.86. The second kappa shape index (κ2) is 6.42. The predicted octanol–water partition coefficient (Wildman–Crippen LogP) is 0.823. The van der Waals surface area contributed by atoms with Crippen molar-refractivity contribution in [1.29, 1.82) is 0 Å². The zero-order valence-corrected chi connectivity index (χ0v) is 12.1. The molecule has 0 fully saturated rings. The maximum atomic E-state index is 12.0. The molecule has 2 aliphatic rings. The first-order valence-corrected chi connectivity index (χ1v) is 7.05. The summed E-state index contributed by atoms with van der Waals surface area (Å²) in [6, 6.07) is 5.61. The molecule has 9 nitrogen and oxygen atoms in total. The Morgan fingerprint density at radius 1 is 1.48 bits per heavy atom. The number of nitro benzene ring substituents is 1. The Kier molecular flexibility index (Phi) is 4.18. The molecule has 0 saturated carbocycles. The quantitative estimate of drug-likeness (QED) is 0.653. The fraction of sp³-hybridized carbons (Fsp3) is 0.357. The lowest BCUT2D eigenvalue weighted by molar-refractivity contribution is -0.384. The van der Waals surface area contributed by atoms with Gasteiger partial charge in [-0.3, -0.25) is 25.0 Å². The van der Waals surface area contributed by atoms with Gasteiger partial charge in [0.25, 0.3) is 5.69 Å². The molecule has 1 aromatic rings. The first-order valence-electron chi connectivity index (χ1n) is 7.05. The summed E-state index contributed by atoms with van der Waals surface area (Å²) in [5, 5.41) is 13.7. The summed E-state index contributed by atoms with van der Waals surface area (Å²) in [5.74, 6) is 0.767. The molecule has 0 saturated heterocycles. The monoisotopic (exact) mass is 316 g/mol. The lowest BCUT2D eigenvalue weighted by atomic mass is 10.2. The molecule has 1 atom stereocenters. The molecule has 0 spiro atoms. The molecule has 1 unspecified atom stereocenters. The minimum absolute atomic E-state index is 0.00670. The van der Waals surface area contributed by atoms with E-state index in [4.69, 9.17) is 4.74 Å². The number of nitrogens with zero attached hydrogens (tertiary/aromatic N) is 4. The van der Waals surface area contributed by atoms with Crippen LogP contribution in [0, 0.1) is 10.1 Å². The molecule has 119 valence electrons. The second-order valence-electron chi connectivity index (χ2n) is 5.03. The normalized spacial score (nSPS) is 19.4. The van der Waals surface area contributed by atoms with Crippen molar-refractivity contribution >= 4 is 24.0 Å². The van der Waals surface area contributed by atoms with Crippen molar-refractivity contribution < 1.29 is 14.5 Å². The Morgan fingerprint density at radius 2 is 2.26 bits per heavy atom. The van der Waals surface area contributed by atoms with Crippen molar-refractivity contribution in [1.82, 2.24) is 10.2 Å². The Balaban J connectivity index is 1.50. The van der Waals surface area contributed by atoms with Crippen molar-refractivity contribution in [2.45, 2.75) is 12.6 Å². The smallest absolute Gasteiger partial charge is 0.415 e. The zero-order valence-electron chi connectivity index (χ0n) is 12.1. The predicted molar refractivity (Wildman–Crippen MR) is 81.5 cm³/mol. The minimum Gasteiger partial charge on any atom is -0.444 e. The van der Waals surface area contributed by atoms with Gasteiger partial charge in [0, 0.05) is 18.7 Å². The van der Waals surface area contributed by atoms with Gasteiger partial charge in [-0.1, -0.05) is 0 Å². The van der Waals surface area contributed by atoms with E-state index in [1.807, 2.05) is 0 Å². The molecular weight excluding hydrogens is 302 g/mol. The molecule has 9 heteroatoms. The fourth-order valence-corrected chi connectivity index (χ4v) is 2.23. The Morgan fingerprint density at radius 3 is 2.91 bits per heavy atom. The van der Waals surface area contributed by atoms with Crippen LogP contribution in [0.1, 0.15) is 5.56 Å². The van der Waals surface area contributed by atoms with E-state index < -0.39 is 11.0 Å². The standard InChI is InChI=1S/C14H14N5O4/c20-14(18-7-12(17-9-18)13-15-5-6-16-13)23-8-10-1-3-11(4-2-10)19(21)22/h1-4,12H,5-8H2,(H,15,16). The average Bonchev–Trinajstić information content (AvgIpc) is 3.23. The van der Waals surface area contributed by atoms with E-state index in [1.165, 1.54) is 17.0 Å². The van der Waals surface area contributed by atoms with Crippen LogP contribution in [0.4, 0.5) is 10.5 Å². The molecule has 0 aliphatic carbocycles. The fourth-order valence-electron chi connectivity index (χ4n) is 2.23. The van der Waals surface area contributed by atoms with Crippen LogP contribution in [0.15, 0.2) is 34.3 Å². The summed E-state index contributed by atoms with van der Waals surface area (Å²) < 4.78 is 5.16. The lowest BCUT2D eigenvalue weighted by Crippen LogP contribution is -2.37. The van der Waals surface area contributed by atoms with E-state index in [-0.39, 0.29) is 18.3 Å². The number of carbonyl (C=O) groups excluding carboxylic acids is 1. The van der Waals surface area contributed by atoms with Gasteiger partial charge >= 0.3 is 6.09 Å². The number of ether oxygens (including phenoxy) is 1. The molecule has 1 N–H and O–H groups in total. The van der Waals surface area contributed by atoms with Crippen molar-refractivity contribution in [3.05, 3.63) is 39.9 Å². The number of rotatable bonds is 4. The highest BCUT2D eigenvalue weighted by Gasteiger charge is 2.29. The molecule has 23 heavy (non-hydrogen) atoms. The third-order valence-electron chi connectivity index (χ3n) is 3.44. The third-order valence-corrected chi connectivity index (χ3v) is 3.44. The van der Waals surface area contributed by atoms with Crippen LogP contribution in [0.5, 0.6) is 0 Å². The van der Waals surface area contributed by atoms with Crippen LogP contribution in [-0.4, -0.2) is 53.8 Å². The van der Waals surface area contributed by atoms with Gasteiger partial charge in [0.2, 0.25) is 0 Å². The number of hydrogen-bond acceptors (Lipinski definition) is 7. The van der Waals surface area contributed by atoms with Gasteiger partial charge in [-0.25, -0.2) is 4.79 Å². The number of hydrogen-bond donors (Lipinski definition) is 1. The van der Waals surface area contributed by atoms with Crippen molar-refractivity contribution in [3.8, 4) is 0 Å². The van der Waals surface area contributed by atoms with Crippen molar-refractivity contribution in [2.24, 2.45) is 9.98 Å². The van der Waals surface area contributed by atoms with Crippen LogP contribution < -0.4 is 5.32 Å². The van der Waals surface area contributed by atoms with E-state index in [2.05, 4.69) is 21.6 Å². The second-order valence-corrected chi connectivity index (χ2v) is 5.03. The molecule has 0 bridgehead atoms. The van der Waals surface area contributed by atoms with Gasteiger partial charge in [-0.2, -0.15) is 0 Å². The van der Waals surface area contributed by atoms with Gasteiger partial charge < -0.3 is 10.1 Å². The average molecular weight is 316 g/mol. The highest BCUT2D eigenvalue weighted by molar-refractivity contribution is 5.94. The Hall–Kier alpha value is -2.97. The molecule has 1 aromatic carbocycles. The number of amides is 1.